The summed E-state index contributed by atoms with van der Waals surface area (Å²) in [5.74, 6) is 0. The Morgan fingerprint density at radius 3 is 2.46 bits per heavy atom. The summed E-state index contributed by atoms with van der Waals surface area (Å²) in [6.45, 7) is 2.10. The van der Waals surface area contributed by atoms with Gasteiger partial charge in [-0.1, -0.05) is 52.3 Å². The second kappa shape index (κ2) is 8.95. The summed E-state index contributed by atoms with van der Waals surface area (Å²) in [4.78, 5) is 6.92. The number of thiocarbonyl (C=S) groups is 1. The minimum atomic E-state index is -0.0956. The molecule has 1 saturated heterocycles. The lowest BCUT2D eigenvalue weighted by Gasteiger charge is -2.29. The fraction of sp³-hybridized carbons (Fsp3) is 0.103. The third-order valence-electron chi connectivity index (χ3n) is 6.61. The fourth-order valence-corrected chi connectivity index (χ4v) is 5.50. The SMILES string of the molecule is Cc1cc(N2C(=S)N[C@H](c3ccccn3)[C@H]2c2cccn2-c2ccc3ccccc3c2)ccc1Br. The summed E-state index contributed by atoms with van der Waals surface area (Å²) in [7, 11) is 0. The van der Waals surface area contributed by atoms with E-state index in [1.54, 1.807) is 0 Å². The molecule has 3 aromatic carbocycles. The zero-order valence-corrected chi connectivity index (χ0v) is 21.5. The van der Waals surface area contributed by atoms with Gasteiger partial charge in [-0.3, -0.25) is 4.98 Å². The van der Waals surface area contributed by atoms with Gasteiger partial charge in [0.1, 0.15) is 6.04 Å². The van der Waals surface area contributed by atoms with Gasteiger partial charge >= 0.3 is 0 Å². The molecule has 1 N–H and O–H groups in total. The first-order valence-corrected chi connectivity index (χ1v) is 12.7. The Morgan fingerprint density at radius 1 is 0.857 bits per heavy atom. The first-order chi connectivity index (χ1) is 17.1. The van der Waals surface area contributed by atoms with E-state index in [4.69, 9.17) is 17.2 Å². The minimum absolute atomic E-state index is 0.0838. The van der Waals surface area contributed by atoms with Crippen molar-refractivity contribution in [1.82, 2.24) is 14.9 Å². The van der Waals surface area contributed by atoms with Crippen LogP contribution in [0.25, 0.3) is 16.5 Å². The largest absolute Gasteiger partial charge is 0.351 e. The van der Waals surface area contributed by atoms with Crippen LogP contribution in [0.15, 0.2) is 108 Å². The van der Waals surface area contributed by atoms with Crippen LogP contribution >= 0.6 is 28.1 Å². The number of nitrogens with one attached hydrogen (secondary N) is 1. The number of fused-ring (bicyclic) bond motifs is 1. The zero-order chi connectivity index (χ0) is 23.9. The summed E-state index contributed by atoms with van der Waals surface area (Å²) >= 11 is 9.55. The van der Waals surface area contributed by atoms with E-state index in [0.29, 0.717) is 5.11 Å². The standard InChI is InChI=1S/C29H23BrN4S/c1-19-17-23(13-14-24(19)30)34-28(27(32-29(34)35)25-9-4-5-15-31-25)26-10-6-16-33(26)22-12-11-20-7-2-3-8-21(20)18-22/h2-18,27-28H,1H3,(H,32,35)/t27-,28-/m1/s1. The van der Waals surface area contributed by atoms with Crippen LogP contribution in [0.5, 0.6) is 0 Å². The normalized spacial score (nSPS) is 17.7. The Balaban J connectivity index is 1.52. The Hall–Kier alpha value is -3.48. The van der Waals surface area contributed by atoms with Crippen LogP contribution in [-0.4, -0.2) is 14.7 Å². The fourth-order valence-electron chi connectivity index (χ4n) is 4.91. The summed E-state index contributed by atoms with van der Waals surface area (Å²) in [5.41, 5.74) is 5.44. The van der Waals surface area contributed by atoms with Gasteiger partial charge in [-0.25, -0.2) is 0 Å². The lowest BCUT2D eigenvalue weighted by molar-refractivity contribution is 0.549. The van der Waals surface area contributed by atoms with Crippen molar-refractivity contribution in [1.29, 1.82) is 0 Å². The monoisotopic (exact) mass is 538 g/mol. The average Bonchev–Trinajstić information content (AvgIpc) is 3.50. The Kier molecular flexibility index (Phi) is 5.63. The molecule has 4 nitrogen and oxygen atoms in total. The van der Waals surface area contributed by atoms with E-state index in [1.807, 2.05) is 18.3 Å². The first kappa shape index (κ1) is 22.0. The van der Waals surface area contributed by atoms with Gasteiger partial charge in [-0.05, 0) is 90.1 Å². The highest BCUT2D eigenvalue weighted by Crippen LogP contribution is 2.43. The molecule has 5 aromatic rings. The third-order valence-corrected chi connectivity index (χ3v) is 7.82. The van der Waals surface area contributed by atoms with Crippen molar-refractivity contribution >= 4 is 49.7 Å². The highest BCUT2D eigenvalue weighted by Gasteiger charge is 2.42. The number of aryl methyl sites for hydroxylation is 1. The molecule has 1 aliphatic heterocycles. The summed E-state index contributed by atoms with van der Waals surface area (Å²) < 4.78 is 3.35. The number of benzene rings is 3. The molecular weight excluding hydrogens is 516 g/mol. The Labute approximate surface area is 218 Å². The van der Waals surface area contributed by atoms with Crippen molar-refractivity contribution in [3.05, 3.63) is 125 Å². The van der Waals surface area contributed by atoms with E-state index in [0.717, 1.165) is 32.8 Å². The lowest BCUT2D eigenvalue weighted by Crippen LogP contribution is -2.30. The number of hydrogen-bond donors (Lipinski definition) is 1. The van der Waals surface area contributed by atoms with Crippen LogP contribution < -0.4 is 10.2 Å². The summed E-state index contributed by atoms with van der Waals surface area (Å²) in [5, 5.41) is 6.71. The van der Waals surface area contributed by atoms with E-state index in [-0.39, 0.29) is 12.1 Å². The topological polar surface area (TPSA) is 33.1 Å². The molecule has 6 heteroatoms. The Bertz CT molecular complexity index is 1550. The molecule has 2 aromatic heterocycles. The molecule has 1 fully saturated rings. The van der Waals surface area contributed by atoms with Crippen LogP contribution in [0.1, 0.15) is 29.0 Å². The van der Waals surface area contributed by atoms with E-state index < -0.39 is 0 Å². The molecule has 0 saturated carbocycles. The van der Waals surface area contributed by atoms with Crippen LogP contribution in [0.3, 0.4) is 0 Å². The Morgan fingerprint density at radius 2 is 1.66 bits per heavy atom. The number of pyridine rings is 1. The van der Waals surface area contributed by atoms with Crippen molar-refractivity contribution in [3.8, 4) is 5.69 Å². The number of anilines is 1. The van der Waals surface area contributed by atoms with Gasteiger partial charge in [0.05, 0.1) is 11.7 Å². The van der Waals surface area contributed by atoms with E-state index in [9.17, 15) is 0 Å². The highest BCUT2D eigenvalue weighted by atomic mass is 79.9. The second-order valence-corrected chi connectivity index (χ2v) is 10.0. The molecule has 0 unspecified atom stereocenters. The first-order valence-electron chi connectivity index (χ1n) is 11.5. The van der Waals surface area contributed by atoms with Crippen LogP contribution in [0, 0.1) is 6.92 Å². The molecule has 0 bridgehead atoms. The molecule has 2 atom stereocenters. The predicted molar refractivity (Wildman–Crippen MR) is 150 cm³/mol. The van der Waals surface area contributed by atoms with Crippen molar-refractivity contribution in [2.24, 2.45) is 0 Å². The van der Waals surface area contributed by atoms with Crippen molar-refractivity contribution in [2.75, 3.05) is 4.90 Å². The van der Waals surface area contributed by atoms with Gasteiger partial charge in [0.2, 0.25) is 0 Å². The quantitative estimate of drug-likeness (QED) is 0.244. The third kappa shape index (κ3) is 3.93. The lowest BCUT2D eigenvalue weighted by atomic mass is 10.00. The number of halogens is 1. The van der Waals surface area contributed by atoms with Gasteiger partial charge in [0, 0.05) is 33.9 Å². The maximum Gasteiger partial charge on any atom is 0.174 e. The molecule has 0 spiro atoms. The molecule has 0 radical (unpaired) electrons. The molecule has 172 valence electrons. The minimum Gasteiger partial charge on any atom is -0.351 e. The summed E-state index contributed by atoms with van der Waals surface area (Å²) in [6, 6.07) is 31.6. The second-order valence-electron chi connectivity index (χ2n) is 8.76. The van der Waals surface area contributed by atoms with Gasteiger partial charge in [-0.2, -0.15) is 0 Å². The molecule has 0 aliphatic carbocycles. The zero-order valence-electron chi connectivity index (χ0n) is 19.1. The van der Waals surface area contributed by atoms with Gasteiger partial charge in [-0.15, -0.1) is 0 Å². The number of aromatic nitrogens is 2. The molecule has 1 aliphatic rings. The number of rotatable bonds is 4. The predicted octanol–water partition coefficient (Wildman–Crippen LogP) is 7.27. The number of hydrogen-bond acceptors (Lipinski definition) is 2. The van der Waals surface area contributed by atoms with Crippen molar-refractivity contribution < 1.29 is 0 Å². The maximum atomic E-state index is 5.92. The maximum absolute atomic E-state index is 5.92. The van der Waals surface area contributed by atoms with Gasteiger partial charge in [0.15, 0.2) is 5.11 Å². The summed E-state index contributed by atoms with van der Waals surface area (Å²) in [6.07, 6.45) is 3.97. The molecule has 0 amide bonds. The van der Waals surface area contributed by atoms with E-state index in [1.165, 1.54) is 10.8 Å². The molecule has 35 heavy (non-hydrogen) atoms. The number of nitrogens with zero attached hydrogens (tertiary/aromatic N) is 3. The molecular formula is C29H23BrN4S. The molecule has 6 rings (SSSR count). The average molecular weight is 540 g/mol. The van der Waals surface area contributed by atoms with Crippen LogP contribution in [0.2, 0.25) is 0 Å². The highest BCUT2D eigenvalue weighted by molar-refractivity contribution is 9.10. The molecule has 3 heterocycles. The smallest absolute Gasteiger partial charge is 0.174 e. The van der Waals surface area contributed by atoms with Gasteiger partial charge in [0.25, 0.3) is 0 Å². The van der Waals surface area contributed by atoms with Crippen LogP contribution in [-0.2, 0) is 0 Å². The van der Waals surface area contributed by atoms with Crippen molar-refractivity contribution in [3.63, 3.8) is 0 Å². The van der Waals surface area contributed by atoms with E-state index in [2.05, 4.69) is 123 Å². The van der Waals surface area contributed by atoms with Gasteiger partial charge < -0.3 is 14.8 Å². The van der Waals surface area contributed by atoms with Crippen LogP contribution in [0.4, 0.5) is 5.69 Å². The van der Waals surface area contributed by atoms with E-state index >= 15 is 0 Å². The van der Waals surface area contributed by atoms with Crippen molar-refractivity contribution in [2.45, 2.75) is 19.0 Å².